The van der Waals surface area contributed by atoms with Crippen molar-refractivity contribution >= 4 is 23.2 Å². The van der Waals surface area contributed by atoms with Gasteiger partial charge in [0.2, 0.25) is 0 Å². The van der Waals surface area contributed by atoms with E-state index in [4.69, 9.17) is 27.7 Å². The third kappa shape index (κ3) is 3.05. The molecular weight excluding hydrogens is 271 g/mol. The minimum atomic E-state index is 0.397. The molecule has 0 saturated heterocycles. The second-order valence-electron chi connectivity index (χ2n) is 4.34. The summed E-state index contributed by atoms with van der Waals surface area (Å²) in [6, 6.07) is 5.71. The van der Waals surface area contributed by atoms with Crippen molar-refractivity contribution in [2.45, 2.75) is 26.4 Å². The van der Waals surface area contributed by atoms with Crippen LogP contribution in [0.25, 0.3) is 11.3 Å². The number of rotatable bonds is 4. The first kappa shape index (κ1) is 13.4. The number of hydrogen-bond donors (Lipinski definition) is 1. The van der Waals surface area contributed by atoms with Crippen molar-refractivity contribution in [3.05, 3.63) is 40.0 Å². The van der Waals surface area contributed by atoms with E-state index < -0.39 is 0 Å². The predicted molar refractivity (Wildman–Crippen MR) is 73.9 cm³/mol. The molecule has 0 aliphatic heterocycles. The van der Waals surface area contributed by atoms with Crippen LogP contribution < -0.4 is 5.32 Å². The van der Waals surface area contributed by atoms with E-state index in [0.717, 1.165) is 11.1 Å². The van der Waals surface area contributed by atoms with Crippen LogP contribution in [0.4, 0.5) is 0 Å². The fourth-order valence-electron chi connectivity index (χ4n) is 1.60. The van der Waals surface area contributed by atoms with Gasteiger partial charge >= 0.3 is 0 Å². The van der Waals surface area contributed by atoms with Gasteiger partial charge < -0.3 is 9.84 Å². The monoisotopic (exact) mass is 284 g/mol. The van der Waals surface area contributed by atoms with Crippen molar-refractivity contribution in [3.63, 3.8) is 0 Å². The van der Waals surface area contributed by atoms with Crippen molar-refractivity contribution in [3.8, 4) is 11.3 Å². The molecule has 0 aliphatic rings. The minimum absolute atomic E-state index is 0.397. The van der Waals surface area contributed by atoms with Crippen molar-refractivity contribution < 1.29 is 4.52 Å². The van der Waals surface area contributed by atoms with Gasteiger partial charge in [-0.05, 0) is 18.2 Å². The van der Waals surface area contributed by atoms with Crippen LogP contribution in [0.1, 0.15) is 19.4 Å². The van der Waals surface area contributed by atoms with E-state index >= 15 is 0 Å². The Hall–Kier alpha value is -1.03. The number of benzene rings is 1. The molecule has 0 bridgehead atoms. The molecule has 0 amide bonds. The third-order valence-electron chi connectivity index (χ3n) is 2.52. The molecule has 1 heterocycles. The Morgan fingerprint density at radius 1 is 1.33 bits per heavy atom. The summed E-state index contributed by atoms with van der Waals surface area (Å²) in [7, 11) is 0. The summed E-state index contributed by atoms with van der Waals surface area (Å²) >= 11 is 12.0. The van der Waals surface area contributed by atoms with Gasteiger partial charge in [0.05, 0.1) is 11.2 Å². The third-order valence-corrected chi connectivity index (χ3v) is 3.07. The van der Waals surface area contributed by atoms with Gasteiger partial charge in [-0.3, -0.25) is 0 Å². The van der Waals surface area contributed by atoms with Gasteiger partial charge in [0.15, 0.2) is 5.76 Å². The van der Waals surface area contributed by atoms with Gasteiger partial charge in [0.25, 0.3) is 0 Å². The number of aromatic nitrogens is 1. The number of nitrogens with one attached hydrogen (secondary N) is 1. The molecule has 0 fully saturated rings. The summed E-state index contributed by atoms with van der Waals surface area (Å²) in [5, 5.41) is 8.32. The molecule has 0 spiro atoms. The summed E-state index contributed by atoms with van der Waals surface area (Å²) in [6.45, 7) is 4.86. The standard InChI is InChI=1S/C13H14Cl2N2O/c1-8(2)16-6-9-7-17-18-13(9)11-4-3-10(14)5-12(11)15/h3-5,7-8,16H,6H2,1-2H3. The van der Waals surface area contributed by atoms with Crippen LogP contribution in [0.2, 0.25) is 10.0 Å². The Kier molecular flexibility index (Phi) is 4.27. The Labute approximate surface area is 116 Å². The van der Waals surface area contributed by atoms with Crippen LogP contribution >= 0.6 is 23.2 Å². The van der Waals surface area contributed by atoms with Crippen LogP contribution in [0.5, 0.6) is 0 Å². The summed E-state index contributed by atoms with van der Waals surface area (Å²) < 4.78 is 5.29. The molecule has 3 nitrogen and oxygen atoms in total. The Morgan fingerprint density at radius 3 is 2.78 bits per heavy atom. The molecule has 1 aromatic carbocycles. The molecule has 0 radical (unpaired) electrons. The summed E-state index contributed by atoms with van der Waals surface area (Å²) in [6.07, 6.45) is 1.70. The van der Waals surface area contributed by atoms with Crippen LogP contribution in [0, 0.1) is 0 Å². The predicted octanol–water partition coefficient (Wildman–Crippen LogP) is 4.15. The lowest BCUT2D eigenvalue weighted by atomic mass is 10.1. The number of halogens is 2. The van der Waals surface area contributed by atoms with Crippen LogP contribution in [0.3, 0.4) is 0 Å². The Morgan fingerprint density at radius 2 is 2.11 bits per heavy atom. The average Bonchev–Trinajstić information content (AvgIpc) is 2.74. The summed E-state index contributed by atoms with van der Waals surface area (Å²) in [5.41, 5.74) is 1.78. The van der Waals surface area contributed by atoms with Gasteiger partial charge in [-0.2, -0.15) is 0 Å². The van der Waals surface area contributed by atoms with Crippen molar-refractivity contribution in [1.82, 2.24) is 10.5 Å². The van der Waals surface area contributed by atoms with E-state index in [-0.39, 0.29) is 0 Å². The van der Waals surface area contributed by atoms with E-state index in [1.807, 2.05) is 6.07 Å². The lowest BCUT2D eigenvalue weighted by Crippen LogP contribution is -2.21. The fraction of sp³-hybridized carbons (Fsp3) is 0.308. The van der Waals surface area contributed by atoms with E-state index in [1.54, 1.807) is 18.3 Å². The summed E-state index contributed by atoms with van der Waals surface area (Å²) in [5.74, 6) is 0.685. The second kappa shape index (κ2) is 5.74. The molecule has 0 saturated carbocycles. The highest BCUT2D eigenvalue weighted by atomic mass is 35.5. The van der Waals surface area contributed by atoms with Gasteiger partial charge in [0, 0.05) is 28.7 Å². The topological polar surface area (TPSA) is 38.1 Å². The highest BCUT2D eigenvalue weighted by molar-refractivity contribution is 6.36. The highest BCUT2D eigenvalue weighted by Crippen LogP contribution is 2.32. The molecule has 2 rings (SSSR count). The number of nitrogens with zero attached hydrogens (tertiary/aromatic N) is 1. The molecule has 0 unspecified atom stereocenters. The van der Waals surface area contributed by atoms with E-state index in [0.29, 0.717) is 28.4 Å². The highest BCUT2D eigenvalue weighted by Gasteiger charge is 2.14. The van der Waals surface area contributed by atoms with Crippen molar-refractivity contribution in [2.75, 3.05) is 0 Å². The van der Waals surface area contributed by atoms with Crippen molar-refractivity contribution in [1.29, 1.82) is 0 Å². The van der Waals surface area contributed by atoms with E-state index in [9.17, 15) is 0 Å². The maximum Gasteiger partial charge on any atom is 0.172 e. The minimum Gasteiger partial charge on any atom is -0.356 e. The zero-order chi connectivity index (χ0) is 13.1. The van der Waals surface area contributed by atoms with Gasteiger partial charge in [0.1, 0.15) is 0 Å². The molecule has 96 valence electrons. The first-order valence-corrected chi connectivity index (χ1v) is 6.46. The molecule has 5 heteroatoms. The van der Waals surface area contributed by atoms with Gasteiger partial charge in [-0.25, -0.2) is 0 Å². The molecule has 2 aromatic rings. The normalized spacial score (nSPS) is 11.2. The lowest BCUT2D eigenvalue weighted by molar-refractivity contribution is 0.431. The number of hydrogen-bond acceptors (Lipinski definition) is 3. The largest absolute Gasteiger partial charge is 0.356 e. The Bertz CT molecular complexity index is 538. The van der Waals surface area contributed by atoms with Crippen LogP contribution in [0.15, 0.2) is 28.9 Å². The smallest absolute Gasteiger partial charge is 0.172 e. The molecular formula is C13H14Cl2N2O. The Balaban J connectivity index is 2.30. The SMILES string of the molecule is CC(C)NCc1cnoc1-c1ccc(Cl)cc1Cl. The molecule has 1 aromatic heterocycles. The maximum atomic E-state index is 6.16. The zero-order valence-corrected chi connectivity index (χ0v) is 11.7. The zero-order valence-electron chi connectivity index (χ0n) is 10.2. The average molecular weight is 285 g/mol. The lowest BCUT2D eigenvalue weighted by Gasteiger charge is -2.08. The van der Waals surface area contributed by atoms with E-state index in [1.165, 1.54) is 0 Å². The first-order valence-electron chi connectivity index (χ1n) is 5.70. The van der Waals surface area contributed by atoms with Gasteiger partial charge in [-0.15, -0.1) is 0 Å². The van der Waals surface area contributed by atoms with Crippen LogP contribution in [-0.4, -0.2) is 11.2 Å². The van der Waals surface area contributed by atoms with Crippen molar-refractivity contribution in [2.24, 2.45) is 0 Å². The fourth-order valence-corrected chi connectivity index (χ4v) is 2.09. The van der Waals surface area contributed by atoms with Gasteiger partial charge in [-0.1, -0.05) is 42.2 Å². The second-order valence-corrected chi connectivity index (χ2v) is 5.18. The quantitative estimate of drug-likeness (QED) is 0.917. The molecule has 0 atom stereocenters. The molecule has 0 aliphatic carbocycles. The van der Waals surface area contributed by atoms with E-state index in [2.05, 4.69) is 24.3 Å². The van der Waals surface area contributed by atoms with Crippen LogP contribution in [-0.2, 0) is 6.54 Å². The molecule has 1 N–H and O–H groups in total. The maximum absolute atomic E-state index is 6.16. The first-order chi connectivity index (χ1) is 8.58. The summed E-state index contributed by atoms with van der Waals surface area (Å²) in [4.78, 5) is 0. The molecule has 18 heavy (non-hydrogen) atoms.